The van der Waals surface area contributed by atoms with E-state index in [9.17, 15) is 9.59 Å². The summed E-state index contributed by atoms with van der Waals surface area (Å²) in [7, 11) is 0. The van der Waals surface area contributed by atoms with Crippen molar-refractivity contribution in [2.75, 3.05) is 0 Å². The minimum absolute atomic E-state index is 0.00301. The number of carbonyl (C=O) groups is 2. The first-order valence-electron chi connectivity index (χ1n) is 6.27. The molecule has 0 fully saturated rings. The number of nitrogens with two attached hydrogens (primary N) is 1. The summed E-state index contributed by atoms with van der Waals surface area (Å²) in [5.74, 6) is -1.52. The van der Waals surface area contributed by atoms with Gasteiger partial charge in [-0.2, -0.15) is 0 Å². The summed E-state index contributed by atoms with van der Waals surface area (Å²) in [4.78, 5) is 26.4. The SMILES string of the molecule is N[C@@H](Cc1cn(COC(=O)c2ccccc2)cn1)C(=O)O. The molecule has 0 unspecified atom stereocenters. The van der Waals surface area contributed by atoms with Crippen molar-refractivity contribution in [2.45, 2.75) is 19.2 Å². The molecule has 2 aromatic rings. The number of benzene rings is 1. The maximum absolute atomic E-state index is 11.7. The lowest BCUT2D eigenvalue weighted by Crippen LogP contribution is -2.32. The second-order valence-corrected chi connectivity index (χ2v) is 4.46. The topological polar surface area (TPSA) is 107 Å². The zero-order valence-electron chi connectivity index (χ0n) is 11.2. The van der Waals surface area contributed by atoms with Crippen molar-refractivity contribution in [1.82, 2.24) is 9.55 Å². The number of rotatable bonds is 6. The number of aromatic nitrogens is 2. The van der Waals surface area contributed by atoms with Gasteiger partial charge in [-0.1, -0.05) is 18.2 Å². The molecule has 7 nitrogen and oxygen atoms in total. The third kappa shape index (κ3) is 4.15. The number of aliphatic carboxylic acids is 1. The third-order valence-corrected chi connectivity index (χ3v) is 2.79. The summed E-state index contributed by atoms with van der Waals surface area (Å²) in [6.07, 6.45) is 3.18. The van der Waals surface area contributed by atoms with Crippen molar-refractivity contribution in [3.8, 4) is 0 Å². The molecule has 7 heteroatoms. The van der Waals surface area contributed by atoms with Crippen molar-refractivity contribution in [1.29, 1.82) is 0 Å². The van der Waals surface area contributed by atoms with Crippen molar-refractivity contribution >= 4 is 11.9 Å². The number of esters is 1. The van der Waals surface area contributed by atoms with E-state index in [2.05, 4.69) is 4.98 Å². The Morgan fingerprint density at radius 2 is 2.05 bits per heavy atom. The van der Waals surface area contributed by atoms with Gasteiger partial charge in [0.1, 0.15) is 6.04 Å². The molecule has 0 aliphatic heterocycles. The Labute approximate surface area is 121 Å². The Balaban J connectivity index is 1.88. The predicted octanol–water partition coefficient (Wildman–Crippen LogP) is 0.652. The lowest BCUT2D eigenvalue weighted by molar-refractivity contribution is -0.138. The molecule has 2 rings (SSSR count). The highest BCUT2D eigenvalue weighted by molar-refractivity contribution is 5.89. The van der Waals surface area contributed by atoms with Crippen LogP contribution < -0.4 is 5.73 Å². The van der Waals surface area contributed by atoms with E-state index in [0.717, 1.165) is 0 Å². The van der Waals surface area contributed by atoms with Gasteiger partial charge in [-0.05, 0) is 12.1 Å². The van der Waals surface area contributed by atoms with Gasteiger partial charge in [0.05, 0.1) is 17.6 Å². The number of carboxylic acid groups (broad SMARTS) is 1. The monoisotopic (exact) mass is 289 g/mol. The number of imidazole rings is 1. The van der Waals surface area contributed by atoms with Gasteiger partial charge in [-0.25, -0.2) is 9.78 Å². The van der Waals surface area contributed by atoms with Crippen LogP contribution in [0.15, 0.2) is 42.9 Å². The molecule has 1 atom stereocenters. The van der Waals surface area contributed by atoms with Gasteiger partial charge in [-0.3, -0.25) is 4.79 Å². The lowest BCUT2D eigenvalue weighted by Gasteiger charge is -2.05. The summed E-state index contributed by atoms with van der Waals surface area (Å²) >= 11 is 0. The molecule has 3 N–H and O–H groups in total. The Bertz CT molecular complexity index is 624. The minimum atomic E-state index is -1.08. The first-order valence-corrected chi connectivity index (χ1v) is 6.27. The second-order valence-electron chi connectivity index (χ2n) is 4.46. The largest absolute Gasteiger partial charge is 0.480 e. The Kier molecular flexibility index (Phi) is 4.68. The van der Waals surface area contributed by atoms with Crippen molar-refractivity contribution in [3.63, 3.8) is 0 Å². The summed E-state index contributed by atoms with van der Waals surface area (Å²) in [6, 6.07) is 7.63. The number of carbonyl (C=O) groups excluding carboxylic acids is 1. The fourth-order valence-electron chi connectivity index (χ4n) is 1.69. The van der Waals surface area contributed by atoms with Crippen LogP contribution in [0, 0.1) is 0 Å². The molecule has 0 radical (unpaired) electrons. The zero-order chi connectivity index (χ0) is 15.2. The maximum Gasteiger partial charge on any atom is 0.339 e. The van der Waals surface area contributed by atoms with E-state index in [1.165, 1.54) is 6.33 Å². The van der Waals surface area contributed by atoms with Crippen LogP contribution in [0.4, 0.5) is 0 Å². The Morgan fingerprint density at radius 3 is 2.71 bits per heavy atom. The van der Waals surface area contributed by atoms with Crippen LogP contribution in [0.1, 0.15) is 16.1 Å². The van der Waals surface area contributed by atoms with E-state index < -0.39 is 18.0 Å². The number of carboxylic acids is 1. The minimum Gasteiger partial charge on any atom is -0.480 e. The highest BCUT2D eigenvalue weighted by Crippen LogP contribution is 2.04. The summed E-state index contributed by atoms with van der Waals surface area (Å²) in [5.41, 5.74) is 6.41. The third-order valence-electron chi connectivity index (χ3n) is 2.79. The van der Waals surface area contributed by atoms with Crippen molar-refractivity contribution in [2.24, 2.45) is 5.73 Å². The summed E-state index contributed by atoms with van der Waals surface area (Å²) < 4.78 is 6.66. The average molecular weight is 289 g/mol. The van der Waals surface area contributed by atoms with E-state index in [4.69, 9.17) is 15.6 Å². The normalized spacial score (nSPS) is 11.9. The van der Waals surface area contributed by atoms with Crippen LogP contribution in [-0.4, -0.2) is 32.6 Å². The quantitative estimate of drug-likeness (QED) is 0.756. The molecule has 1 aromatic heterocycles. The molecule has 1 aromatic carbocycles. The molecule has 0 amide bonds. The van der Waals surface area contributed by atoms with Crippen molar-refractivity contribution < 1.29 is 19.4 Å². The van der Waals surface area contributed by atoms with Gasteiger partial charge in [0.2, 0.25) is 0 Å². The standard InChI is InChI=1S/C14H15N3O4/c15-12(13(18)19)6-11-7-17(8-16-11)9-21-14(20)10-4-2-1-3-5-10/h1-5,7-8,12H,6,9,15H2,(H,18,19)/t12-/m0/s1. The molecular weight excluding hydrogens is 274 g/mol. The van der Waals surface area contributed by atoms with Gasteiger partial charge < -0.3 is 20.1 Å². The smallest absolute Gasteiger partial charge is 0.339 e. The van der Waals surface area contributed by atoms with E-state index in [1.54, 1.807) is 35.0 Å². The van der Waals surface area contributed by atoms with Crippen LogP contribution in [0.2, 0.25) is 0 Å². The first kappa shape index (κ1) is 14.7. The number of hydrogen-bond acceptors (Lipinski definition) is 5. The van der Waals surface area contributed by atoms with Crippen LogP contribution >= 0.6 is 0 Å². The molecule has 1 heterocycles. The zero-order valence-corrected chi connectivity index (χ0v) is 11.2. The fourth-order valence-corrected chi connectivity index (χ4v) is 1.69. The Hall–Kier alpha value is -2.67. The summed E-state index contributed by atoms with van der Waals surface area (Å²) in [5, 5.41) is 8.72. The molecule has 110 valence electrons. The van der Waals surface area contributed by atoms with Gasteiger partial charge in [0, 0.05) is 12.6 Å². The van der Waals surface area contributed by atoms with Crippen LogP contribution in [-0.2, 0) is 22.7 Å². The van der Waals surface area contributed by atoms with Gasteiger partial charge in [0.25, 0.3) is 0 Å². The summed E-state index contributed by atoms with van der Waals surface area (Å²) in [6.45, 7) is 0.00301. The van der Waals surface area contributed by atoms with E-state index in [1.807, 2.05) is 6.07 Å². The fraction of sp³-hybridized carbons (Fsp3) is 0.214. The number of nitrogens with zero attached hydrogens (tertiary/aromatic N) is 2. The molecule has 0 aliphatic rings. The maximum atomic E-state index is 11.7. The van der Waals surface area contributed by atoms with Gasteiger partial charge in [0.15, 0.2) is 6.73 Å². The number of ether oxygens (including phenoxy) is 1. The first-order chi connectivity index (χ1) is 10.1. The van der Waals surface area contributed by atoms with E-state index >= 15 is 0 Å². The molecular formula is C14H15N3O4. The van der Waals surface area contributed by atoms with Crippen LogP contribution in [0.25, 0.3) is 0 Å². The average Bonchev–Trinajstić information content (AvgIpc) is 2.93. The lowest BCUT2D eigenvalue weighted by atomic mass is 10.2. The molecule has 0 aliphatic carbocycles. The van der Waals surface area contributed by atoms with Crippen LogP contribution in [0.5, 0.6) is 0 Å². The molecule has 0 saturated carbocycles. The highest BCUT2D eigenvalue weighted by atomic mass is 16.5. The predicted molar refractivity (Wildman–Crippen MR) is 73.4 cm³/mol. The molecule has 0 spiro atoms. The van der Waals surface area contributed by atoms with Crippen LogP contribution in [0.3, 0.4) is 0 Å². The van der Waals surface area contributed by atoms with E-state index in [-0.39, 0.29) is 13.2 Å². The van der Waals surface area contributed by atoms with Crippen molar-refractivity contribution in [3.05, 3.63) is 54.1 Å². The highest BCUT2D eigenvalue weighted by Gasteiger charge is 2.14. The number of hydrogen-bond donors (Lipinski definition) is 2. The van der Waals surface area contributed by atoms with Gasteiger partial charge >= 0.3 is 11.9 Å². The molecule has 0 saturated heterocycles. The second kappa shape index (κ2) is 6.67. The molecule has 0 bridgehead atoms. The van der Waals surface area contributed by atoms with Gasteiger partial charge in [-0.15, -0.1) is 0 Å². The Morgan fingerprint density at radius 1 is 1.33 bits per heavy atom. The van der Waals surface area contributed by atoms with E-state index in [0.29, 0.717) is 11.3 Å². The molecule has 21 heavy (non-hydrogen) atoms.